The molecule has 0 bridgehead atoms. The van der Waals surface area contributed by atoms with Crippen molar-refractivity contribution in [2.45, 2.75) is 32.1 Å². The van der Waals surface area contributed by atoms with Crippen LogP contribution in [0.2, 0.25) is 0 Å². The van der Waals surface area contributed by atoms with Crippen LogP contribution in [0.5, 0.6) is 0 Å². The van der Waals surface area contributed by atoms with Crippen LogP contribution in [-0.2, 0) is 13.0 Å². The fraction of sp³-hybridized carbons (Fsp3) is 0.684. The van der Waals surface area contributed by atoms with Crippen molar-refractivity contribution in [1.82, 2.24) is 14.7 Å². The van der Waals surface area contributed by atoms with Gasteiger partial charge in [-0.15, -0.1) is 0 Å². The van der Waals surface area contributed by atoms with Gasteiger partial charge in [-0.1, -0.05) is 24.3 Å². The van der Waals surface area contributed by atoms with Crippen molar-refractivity contribution >= 4 is 0 Å². The Kier molecular flexibility index (Phi) is 6.25. The summed E-state index contributed by atoms with van der Waals surface area (Å²) in [4.78, 5) is 7.02. The van der Waals surface area contributed by atoms with E-state index in [2.05, 4.69) is 39.0 Å². The second kappa shape index (κ2) is 8.41. The SMILES string of the molecule is C[C@H](O)CN1CCN(C[C@H](O)CN2CCc3ccccc3C2)CC1. The maximum Gasteiger partial charge on any atom is 0.0793 e. The highest BCUT2D eigenvalue weighted by Crippen LogP contribution is 2.18. The van der Waals surface area contributed by atoms with Crippen LogP contribution in [0.15, 0.2) is 24.3 Å². The van der Waals surface area contributed by atoms with Crippen LogP contribution in [0.3, 0.4) is 0 Å². The first-order chi connectivity index (χ1) is 11.6. The lowest BCUT2D eigenvalue weighted by Gasteiger charge is -2.37. The topological polar surface area (TPSA) is 50.2 Å². The van der Waals surface area contributed by atoms with E-state index in [9.17, 15) is 10.2 Å². The normalized spacial score (nSPS) is 23.0. The average Bonchev–Trinajstić information content (AvgIpc) is 2.56. The van der Waals surface area contributed by atoms with Crippen molar-refractivity contribution in [2.75, 3.05) is 52.4 Å². The minimum Gasteiger partial charge on any atom is -0.392 e. The summed E-state index contributed by atoms with van der Waals surface area (Å²) in [5.74, 6) is 0. The third kappa shape index (κ3) is 5.01. The number of rotatable bonds is 6. The van der Waals surface area contributed by atoms with Gasteiger partial charge in [0.1, 0.15) is 0 Å². The summed E-state index contributed by atoms with van der Waals surface area (Å²) >= 11 is 0. The number of fused-ring (bicyclic) bond motifs is 1. The van der Waals surface area contributed by atoms with Gasteiger partial charge >= 0.3 is 0 Å². The molecule has 5 heteroatoms. The Morgan fingerprint density at radius 1 is 0.833 bits per heavy atom. The molecule has 1 aromatic rings. The summed E-state index contributed by atoms with van der Waals surface area (Å²) in [6, 6.07) is 8.64. The zero-order chi connectivity index (χ0) is 16.9. The van der Waals surface area contributed by atoms with Crippen LogP contribution in [0.25, 0.3) is 0 Å². The maximum absolute atomic E-state index is 10.5. The van der Waals surface area contributed by atoms with Gasteiger partial charge in [-0.2, -0.15) is 0 Å². The first-order valence-corrected chi connectivity index (χ1v) is 9.20. The number of aliphatic hydroxyl groups excluding tert-OH is 2. The van der Waals surface area contributed by atoms with Crippen LogP contribution >= 0.6 is 0 Å². The molecule has 0 saturated carbocycles. The fourth-order valence-corrected chi connectivity index (χ4v) is 3.89. The number of nitrogens with zero attached hydrogens (tertiary/aromatic N) is 3. The molecule has 1 saturated heterocycles. The van der Waals surface area contributed by atoms with Crippen molar-refractivity contribution in [1.29, 1.82) is 0 Å². The minimum absolute atomic E-state index is 0.260. The predicted molar refractivity (Wildman–Crippen MR) is 96.0 cm³/mol. The highest BCUT2D eigenvalue weighted by atomic mass is 16.3. The van der Waals surface area contributed by atoms with E-state index < -0.39 is 0 Å². The second-order valence-corrected chi connectivity index (χ2v) is 7.36. The summed E-state index contributed by atoms with van der Waals surface area (Å²) in [6.07, 6.45) is 0.531. The third-order valence-electron chi connectivity index (χ3n) is 5.13. The molecule has 0 spiro atoms. The van der Waals surface area contributed by atoms with Crippen LogP contribution in [0.4, 0.5) is 0 Å². The molecule has 0 radical (unpaired) electrons. The molecular weight excluding hydrogens is 302 g/mol. The summed E-state index contributed by atoms with van der Waals surface area (Å²) in [5.41, 5.74) is 2.86. The molecule has 0 amide bonds. The first-order valence-electron chi connectivity index (χ1n) is 9.20. The predicted octanol–water partition coefficient (Wildman–Crippen LogP) is 0.404. The van der Waals surface area contributed by atoms with Gasteiger partial charge in [0, 0.05) is 58.9 Å². The van der Waals surface area contributed by atoms with Gasteiger partial charge in [0.2, 0.25) is 0 Å². The van der Waals surface area contributed by atoms with Gasteiger partial charge in [-0.3, -0.25) is 14.7 Å². The highest BCUT2D eigenvalue weighted by Gasteiger charge is 2.22. The Morgan fingerprint density at radius 2 is 1.42 bits per heavy atom. The number of aliphatic hydroxyl groups is 2. The van der Waals surface area contributed by atoms with Gasteiger partial charge in [-0.25, -0.2) is 0 Å². The zero-order valence-electron chi connectivity index (χ0n) is 14.8. The molecule has 3 rings (SSSR count). The molecule has 1 aromatic carbocycles. The van der Waals surface area contributed by atoms with E-state index in [4.69, 9.17) is 0 Å². The largest absolute Gasteiger partial charge is 0.392 e. The molecule has 2 aliphatic heterocycles. The molecule has 24 heavy (non-hydrogen) atoms. The lowest BCUT2D eigenvalue weighted by atomic mass is 10.00. The highest BCUT2D eigenvalue weighted by molar-refractivity contribution is 5.29. The molecule has 0 aromatic heterocycles. The smallest absolute Gasteiger partial charge is 0.0793 e. The molecule has 2 N–H and O–H groups in total. The molecule has 1 fully saturated rings. The monoisotopic (exact) mass is 333 g/mol. The number of benzene rings is 1. The summed E-state index contributed by atoms with van der Waals surface area (Å²) in [7, 11) is 0. The van der Waals surface area contributed by atoms with Gasteiger partial charge in [0.15, 0.2) is 0 Å². The van der Waals surface area contributed by atoms with Crippen LogP contribution < -0.4 is 0 Å². The van der Waals surface area contributed by atoms with E-state index in [0.717, 1.165) is 65.3 Å². The number of β-amino-alcohol motifs (C(OH)–C–C–N with tert-alkyl or cyclic N) is 2. The standard InChI is InChI=1S/C19H31N3O2/c1-16(23)12-20-8-10-21(11-9-20)14-19(24)15-22-7-6-17-4-2-3-5-18(17)13-22/h2-5,16,19,23-24H,6-15H2,1H3/t16-,19-/m0/s1. The minimum atomic E-state index is -0.293. The number of hydrogen-bond acceptors (Lipinski definition) is 5. The van der Waals surface area contributed by atoms with E-state index in [0.29, 0.717) is 0 Å². The molecule has 2 atom stereocenters. The number of piperazine rings is 1. The van der Waals surface area contributed by atoms with Crippen molar-refractivity contribution in [3.05, 3.63) is 35.4 Å². The van der Waals surface area contributed by atoms with Crippen molar-refractivity contribution < 1.29 is 10.2 Å². The molecule has 2 aliphatic rings. The van der Waals surface area contributed by atoms with Gasteiger partial charge < -0.3 is 10.2 Å². The quantitative estimate of drug-likeness (QED) is 0.789. The molecular formula is C19H31N3O2. The van der Waals surface area contributed by atoms with E-state index in [1.807, 2.05) is 6.92 Å². The fourth-order valence-electron chi connectivity index (χ4n) is 3.89. The van der Waals surface area contributed by atoms with Gasteiger partial charge in [-0.05, 0) is 24.5 Å². The van der Waals surface area contributed by atoms with Crippen LogP contribution in [-0.4, -0.2) is 89.5 Å². The molecule has 5 nitrogen and oxygen atoms in total. The zero-order valence-corrected chi connectivity index (χ0v) is 14.8. The lowest BCUT2D eigenvalue weighted by Crippen LogP contribution is -2.51. The Morgan fingerprint density at radius 3 is 2.08 bits per heavy atom. The van der Waals surface area contributed by atoms with E-state index in [-0.39, 0.29) is 12.2 Å². The van der Waals surface area contributed by atoms with E-state index >= 15 is 0 Å². The van der Waals surface area contributed by atoms with Crippen LogP contribution in [0.1, 0.15) is 18.1 Å². The Hall–Kier alpha value is -0.980. The Balaban J connectivity index is 1.40. The second-order valence-electron chi connectivity index (χ2n) is 7.36. The van der Waals surface area contributed by atoms with Crippen LogP contribution in [0, 0.1) is 0 Å². The first kappa shape index (κ1) is 17.8. The molecule has 0 unspecified atom stereocenters. The Labute approximate surface area is 145 Å². The summed E-state index contributed by atoms with van der Waals surface area (Å²) < 4.78 is 0. The molecule has 2 heterocycles. The summed E-state index contributed by atoms with van der Waals surface area (Å²) in [5, 5.41) is 19.9. The maximum atomic E-state index is 10.5. The van der Waals surface area contributed by atoms with Crippen molar-refractivity contribution in [3.63, 3.8) is 0 Å². The molecule has 134 valence electrons. The molecule has 0 aliphatic carbocycles. The third-order valence-corrected chi connectivity index (χ3v) is 5.13. The average molecular weight is 333 g/mol. The van der Waals surface area contributed by atoms with Crippen molar-refractivity contribution in [3.8, 4) is 0 Å². The van der Waals surface area contributed by atoms with Crippen molar-refractivity contribution in [2.24, 2.45) is 0 Å². The number of hydrogen-bond donors (Lipinski definition) is 2. The van der Waals surface area contributed by atoms with Gasteiger partial charge in [0.25, 0.3) is 0 Å². The van der Waals surface area contributed by atoms with Gasteiger partial charge in [0.05, 0.1) is 12.2 Å². The summed E-state index contributed by atoms with van der Waals surface area (Å²) in [6.45, 7) is 10.0. The van der Waals surface area contributed by atoms with E-state index in [1.165, 1.54) is 11.1 Å². The Bertz CT molecular complexity index is 515. The lowest BCUT2D eigenvalue weighted by molar-refractivity contribution is 0.0369. The van der Waals surface area contributed by atoms with E-state index in [1.54, 1.807) is 0 Å².